The Kier molecular flexibility index (Phi) is 5.99. The highest BCUT2D eigenvalue weighted by Crippen LogP contribution is 2.59. The van der Waals surface area contributed by atoms with Gasteiger partial charge in [0.25, 0.3) is 0 Å². The lowest BCUT2D eigenvalue weighted by Crippen LogP contribution is -2.71. The van der Waals surface area contributed by atoms with Crippen LogP contribution in [-0.2, 0) is 0 Å². The van der Waals surface area contributed by atoms with Crippen molar-refractivity contribution in [1.82, 2.24) is 0 Å². The van der Waals surface area contributed by atoms with Crippen LogP contribution in [0.1, 0.15) is 104 Å². The zero-order valence-corrected chi connectivity index (χ0v) is 15.4. The summed E-state index contributed by atoms with van der Waals surface area (Å²) < 4.78 is 0. The van der Waals surface area contributed by atoms with Gasteiger partial charge >= 0.3 is 0 Å². The highest BCUT2D eigenvalue weighted by atomic mass is 15.0. The Balaban J connectivity index is 2.21. The molecule has 0 aromatic heterocycles. The summed E-state index contributed by atoms with van der Waals surface area (Å²) in [6.07, 6.45) is 17.0. The van der Waals surface area contributed by atoms with Gasteiger partial charge in [-0.3, -0.25) is 0 Å². The Hall–Kier alpha value is -0.0800. The second kappa shape index (κ2) is 7.21. The van der Waals surface area contributed by atoms with E-state index in [4.69, 9.17) is 11.5 Å². The lowest BCUT2D eigenvalue weighted by atomic mass is 9.48. The van der Waals surface area contributed by atoms with Crippen LogP contribution in [0, 0.1) is 16.7 Å². The van der Waals surface area contributed by atoms with Gasteiger partial charge in [0.1, 0.15) is 0 Å². The molecule has 0 aliphatic heterocycles. The van der Waals surface area contributed by atoms with Crippen molar-refractivity contribution in [3.8, 4) is 0 Å². The smallest absolute Gasteiger partial charge is 0.0725 e. The van der Waals surface area contributed by atoms with Crippen molar-refractivity contribution in [2.24, 2.45) is 28.2 Å². The molecule has 0 spiro atoms. The molecule has 2 aliphatic rings. The van der Waals surface area contributed by atoms with Gasteiger partial charge in [0.2, 0.25) is 0 Å². The number of unbranched alkanes of at least 4 members (excludes halogenated alkanes) is 2. The van der Waals surface area contributed by atoms with Crippen LogP contribution in [0.4, 0.5) is 0 Å². The fraction of sp³-hybridized carbons (Fsp3) is 1.00. The van der Waals surface area contributed by atoms with Gasteiger partial charge in [0.05, 0.1) is 5.66 Å². The van der Waals surface area contributed by atoms with E-state index in [1.54, 1.807) is 0 Å². The summed E-state index contributed by atoms with van der Waals surface area (Å²) in [5.41, 5.74) is 13.8. The summed E-state index contributed by atoms with van der Waals surface area (Å²) >= 11 is 0. The monoisotopic (exact) mass is 308 g/mol. The van der Waals surface area contributed by atoms with Crippen LogP contribution in [0.25, 0.3) is 0 Å². The molecule has 2 atom stereocenters. The molecule has 2 saturated carbocycles. The van der Waals surface area contributed by atoms with E-state index in [1.165, 1.54) is 83.5 Å². The number of hydrogen-bond acceptors (Lipinski definition) is 2. The molecule has 0 radical (unpaired) electrons. The Morgan fingerprint density at radius 1 is 0.909 bits per heavy atom. The maximum Gasteiger partial charge on any atom is 0.0725 e. The SMILES string of the molecule is CCCCCC1(C)CCCCC1(C)C(N)(N)C1CCCCC1. The van der Waals surface area contributed by atoms with Crippen molar-refractivity contribution in [1.29, 1.82) is 0 Å². The van der Waals surface area contributed by atoms with Crippen LogP contribution < -0.4 is 11.5 Å². The zero-order valence-electron chi connectivity index (χ0n) is 15.4. The minimum absolute atomic E-state index is 0.0913. The van der Waals surface area contributed by atoms with Gasteiger partial charge in [0, 0.05) is 5.41 Å². The van der Waals surface area contributed by atoms with Gasteiger partial charge in [0.15, 0.2) is 0 Å². The number of nitrogens with two attached hydrogens (primary N) is 2. The molecule has 0 heterocycles. The lowest BCUT2D eigenvalue weighted by Gasteiger charge is -2.60. The molecule has 2 fully saturated rings. The molecule has 2 aliphatic carbocycles. The molecule has 130 valence electrons. The Morgan fingerprint density at radius 2 is 1.55 bits per heavy atom. The fourth-order valence-electron chi connectivity index (χ4n) is 5.51. The molecule has 0 saturated heterocycles. The number of hydrogen-bond donors (Lipinski definition) is 2. The topological polar surface area (TPSA) is 52.0 Å². The molecule has 0 bridgehead atoms. The summed E-state index contributed by atoms with van der Waals surface area (Å²) in [4.78, 5) is 0. The average Bonchev–Trinajstić information content (AvgIpc) is 2.51. The van der Waals surface area contributed by atoms with Gasteiger partial charge in [-0.15, -0.1) is 0 Å². The predicted octanol–water partition coefficient (Wildman–Crippen LogP) is 5.35. The Labute approximate surface area is 138 Å². The van der Waals surface area contributed by atoms with Crippen LogP contribution in [0.3, 0.4) is 0 Å². The third-order valence-electron chi connectivity index (χ3n) is 7.56. The third-order valence-corrected chi connectivity index (χ3v) is 7.56. The van der Waals surface area contributed by atoms with Gasteiger partial charge in [-0.25, -0.2) is 0 Å². The lowest BCUT2D eigenvalue weighted by molar-refractivity contribution is -0.0861. The van der Waals surface area contributed by atoms with Crippen molar-refractivity contribution in [2.75, 3.05) is 0 Å². The van der Waals surface area contributed by atoms with Crippen molar-refractivity contribution in [3.63, 3.8) is 0 Å². The Bertz CT molecular complexity index is 346. The molecule has 4 N–H and O–H groups in total. The minimum Gasteiger partial charge on any atom is -0.313 e. The maximum absolute atomic E-state index is 6.96. The molecule has 2 heteroatoms. The van der Waals surface area contributed by atoms with E-state index >= 15 is 0 Å². The average molecular weight is 309 g/mol. The van der Waals surface area contributed by atoms with Crippen LogP contribution in [0.15, 0.2) is 0 Å². The van der Waals surface area contributed by atoms with E-state index in [9.17, 15) is 0 Å². The largest absolute Gasteiger partial charge is 0.313 e. The molecule has 2 unspecified atom stereocenters. The van der Waals surface area contributed by atoms with E-state index in [0.29, 0.717) is 11.3 Å². The standard InChI is InChI=1S/C20H40N2/c1-4-5-9-14-18(2)15-10-11-16-19(18,3)20(21,22)17-12-7-6-8-13-17/h17H,4-16,21-22H2,1-3H3. The van der Waals surface area contributed by atoms with E-state index in [-0.39, 0.29) is 5.41 Å². The highest BCUT2D eigenvalue weighted by molar-refractivity contribution is 5.09. The van der Waals surface area contributed by atoms with E-state index in [1.807, 2.05) is 0 Å². The molecule has 0 aromatic carbocycles. The second-order valence-electron chi connectivity index (χ2n) is 8.82. The summed E-state index contributed by atoms with van der Waals surface area (Å²) in [5, 5.41) is 0. The van der Waals surface area contributed by atoms with Crippen LogP contribution in [0.5, 0.6) is 0 Å². The van der Waals surface area contributed by atoms with Gasteiger partial charge in [-0.05, 0) is 43.4 Å². The quantitative estimate of drug-likeness (QED) is 0.513. The fourth-order valence-corrected chi connectivity index (χ4v) is 5.51. The van der Waals surface area contributed by atoms with Gasteiger partial charge in [-0.2, -0.15) is 0 Å². The van der Waals surface area contributed by atoms with E-state index < -0.39 is 5.66 Å². The molecular formula is C20H40N2. The highest BCUT2D eigenvalue weighted by Gasteiger charge is 2.57. The number of rotatable bonds is 6. The summed E-state index contributed by atoms with van der Waals surface area (Å²) in [6, 6.07) is 0. The molecule has 0 amide bonds. The van der Waals surface area contributed by atoms with Crippen LogP contribution >= 0.6 is 0 Å². The van der Waals surface area contributed by atoms with Gasteiger partial charge < -0.3 is 11.5 Å². The summed E-state index contributed by atoms with van der Waals surface area (Å²) in [5.74, 6) is 0.523. The zero-order chi connectivity index (χ0) is 16.3. The molecule has 2 nitrogen and oxygen atoms in total. The first-order valence-electron chi connectivity index (χ1n) is 9.95. The van der Waals surface area contributed by atoms with Crippen LogP contribution in [-0.4, -0.2) is 5.66 Å². The Morgan fingerprint density at radius 3 is 2.18 bits per heavy atom. The van der Waals surface area contributed by atoms with E-state index in [0.717, 1.165) is 0 Å². The van der Waals surface area contributed by atoms with E-state index in [2.05, 4.69) is 20.8 Å². The van der Waals surface area contributed by atoms with Crippen LogP contribution in [0.2, 0.25) is 0 Å². The molecule has 0 aromatic rings. The van der Waals surface area contributed by atoms with Crippen molar-refractivity contribution < 1.29 is 0 Å². The summed E-state index contributed by atoms with van der Waals surface area (Å²) in [7, 11) is 0. The minimum atomic E-state index is -0.491. The molecule has 22 heavy (non-hydrogen) atoms. The first kappa shape index (κ1) is 18.3. The van der Waals surface area contributed by atoms with Crippen molar-refractivity contribution in [2.45, 2.75) is 110 Å². The third kappa shape index (κ3) is 3.24. The second-order valence-corrected chi connectivity index (χ2v) is 8.82. The van der Waals surface area contributed by atoms with Gasteiger partial charge in [-0.1, -0.05) is 72.1 Å². The normalized spacial score (nSPS) is 34.8. The van der Waals surface area contributed by atoms with Crippen molar-refractivity contribution in [3.05, 3.63) is 0 Å². The first-order chi connectivity index (χ1) is 10.4. The van der Waals surface area contributed by atoms with Crippen molar-refractivity contribution >= 4 is 0 Å². The maximum atomic E-state index is 6.96. The first-order valence-corrected chi connectivity index (χ1v) is 9.95. The summed E-state index contributed by atoms with van der Waals surface area (Å²) in [6.45, 7) is 7.23. The molecular weight excluding hydrogens is 268 g/mol. The predicted molar refractivity (Wildman–Crippen MR) is 96.5 cm³/mol. The molecule has 2 rings (SSSR count).